The molecule has 1 unspecified atom stereocenters. The van der Waals surface area contributed by atoms with Crippen LogP contribution < -0.4 is 5.73 Å². The lowest BCUT2D eigenvalue weighted by molar-refractivity contribution is 0.715. The van der Waals surface area contributed by atoms with Crippen LogP contribution in [0.5, 0.6) is 0 Å². The Morgan fingerprint density at radius 3 is 2.85 bits per heavy atom. The van der Waals surface area contributed by atoms with Crippen LogP contribution in [0.15, 0.2) is 18.3 Å². The smallest absolute Gasteiger partial charge is 0.129 e. The number of aryl methyl sites for hydroxylation is 1. The Morgan fingerprint density at radius 2 is 2.31 bits per heavy atom. The number of aromatic nitrogens is 1. The summed E-state index contributed by atoms with van der Waals surface area (Å²) in [5, 5.41) is 0.523. The summed E-state index contributed by atoms with van der Waals surface area (Å²) in [4.78, 5) is 3.99. The minimum atomic E-state index is -0.0136. The molecule has 0 aliphatic rings. The Bertz CT molecular complexity index is 248. The average Bonchev–Trinajstić information content (AvgIpc) is 2.08. The van der Waals surface area contributed by atoms with E-state index in [-0.39, 0.29) is 5.37 Å². The van der Waals surface area contributed by atoms with Crippen molar-refractivity contribution in [2.45, 2.75) is 24.6 Å². The summed E-state index contributed by atoms with van der Waals surface area (Å²) < 4.78 is 0. The molecule has 0 saturated heterocycles. The molecule has 1 rings (SSSR count). The number of halogens is 1. The van der Waals surface area contributed by atoms with E-state index in [4.69, 9.17) is 17.3 Å². The van der Waals surface area contributed by atoms with Gasteiger partial charge in [0, 0.05) is 11.6 Å². The first kappa shape index (κ1) is 10.8. The highest BCUT2D eigenvalue weighted by Gasteiger charge is 1.97. The molecule has 1 atom stereocenters. The predicted octanol–water partition coefficient (Wildman–Crippen LogP) is 2.27. The number of pyridine rings is 1. The first-order chi connectivity index (χ1) is 6.18. The first-order valence-corrected chi connectivity index (χ1v) is 5.12. The molecule has 1 aromatic rings. The van der Waals surface area contributed by atoms with Crippen molar-refractivity contribution in [3.05, 3.63) is 29.0 Å². The molecule has 0 spiro atoms. The van der Waals surface area contributed by atoms with Gasteiger partial charge in [-0.15, -0.1) is 0 Å². The quantitative estimate of drug-likeness (QED) is 0.461. The van der Waals surface area contributed by atoms with Gasteiger partial charge in [0.05, 0.1) is 0 Å². The van der Waals surface area contributed by atoms with E-state index in [1.807, 2.05) is 6.07 Å². The normalized spacial score (nSPS) is 12.8. The van der Waals surface area contributed by atoms with Crippen LogP contribution in [0.25, 0.3) is 0 Å². The van der Waals surface area contributed by atoms with Gasteiger partial charge in [-0.3, -0.25) is 0 Å². The molecule has 0 bridgehead atoms. The number of nitrogens with two attached hydrogens (primary N) is 1. The third-order valence-electron chi connectivity index (χ3n) is 1.75. The SMILES string of the molecule is NC(S)CCCc1ccc(Cl)nc1. The van der Waals surface area contributed by atoms with Crippen LogP contribution in [0.1, 0.15) is 18.4 Å². The fourth-order valence-corrected chi connectivity index (χ4v) is 1.36. The van der Waals surface area contributed by atoms with Crippen LogP contribution in [-0.4, -0.2) is 10.4 Å². The highest BCUT2D eigenvalue weighted by atomic mass is 35.5. The number of nitrogens with zero attached hydrogens (tertiary/aromatic N) is 1. The molecule has 2 N–H and O–H groups in total. The Morgan fingerprint density at radius 1 is 1.54 bits per heavy atom. The van der Waals surface area contributed by atoms with E-state index in [2.05, 4.69) is 17.6 Å². The van der Waals surface area contributed by atoms with Gasteiger partial charge < -0.3 is 5.73 Å². The average molecular weight is 217 g/mol. The molecule has 1 heterocycles. The van der Waals surface area contributed by atoms with Crippen molar-refractivity contribution < 1.29 is 0 Å². The molecule has 0 amide bonds. The number of thiol groups is 1. The lowest BCUT2D eigenvalue weighted by Gasteiger charge is -2.03. The molecule has 0 aliphatic heterocycles. The minimum Gasteiger partial charge on any atom is -0.320 e. The number of hydrogen-bond donors (Lipinski definition) is 2. The molecule has 4 heteroatoms. The van der Waals surface area contributed by atoms with Crippen LogP contribution in [0.4, 0.5) is 0 Å². The summed E-state index contributed by atoms with van der Waals surface area (Å²) in [7, 11) is 0. The van der Waals surface area contributed by atoms with Crippen LogP contribution in [0, 0.1) is 0 Å². The van der Waals surface area contributed by atoms with E-state index in [1.165, 1.54) is 5.56 Å². The van der Waals surface area contributed by atoms with Crippen LogP contribution in [-0.2, 0) is 6.42 Å². The second-order valence-corrected chi connectivity index (χ2v) is 4.00. The lowest BCUT2D eigenvalue weighted by atomic mass is 10.1. The van der Waals surface area contributed by atoms with Crippen molar-refractivity contribution >= 4 is 24.2 Å². The molecule has 0 aromatic carbocycles. The zero-order chi connectivity index (χ0) is 9.68. The van der Waals surface area contributed by atoms with E-state index in [1.54, 1.807) is 12.3 Å². The van der Waals surface area contributed by atoms with Gasteiger partial charge in [0.15, 0.2) is 0 Å². The summed E-state index contributed by atoms with van der Waals surface area (Å²) in [6.45, 7) is 0. The fraction of sp³-hybridized carbons (Fsp3) is 0.444. The molecule has 72 valence electrons. The molecule has 0 fully saturated rings. The maximum atomic E-state index is 5.65. The van der Waals surface area contributed by atoms with Gasteiger partial charge in [-0.25, -0.2) is 4.98 Å². The third-order valence-corrected chi connectivity index (χ3v) is 2.24. The summed E-state index contributed by atoms with van der Waals surface area (Å²) >= 11 is 9.75. The topological polar surface area (TPSA) is 38.9 Å². The van der Waals surface area contributed by atoms with Gasteiger partial charge in [-0.05, 0) is 30.9 Å². The molecule has 0 saturated carbocycles. The van der Waals surface area contributed by atoms with Gasteiger partial charge in [0.25, 0.3) is 0 Å². The molecular formula is C9H13ClN2S. The van der Waals surface area contributed by atoms with E-state index in [9.17, 15) is 0 Å². The van der Waals surface area contributed by atoms with Gasteiger partial charge in [-0.1, -0.05) is 17.7 Å². The van der Waals surface area contributed by atoms with Crippen molar-refractivity contribution in [3.63, 3.8) is 0 Å². The second kappa shape index (κ2) is 5.47. The molecule has 0 radical (unpaired) electrons. The molecule has 13 heavy (non-hydrogen) atoms. The van der Waals surface area contributed by atoms with E-state index in [0.717, 1.165) is 19.3 Å². The second-order valence-electron chi connectivity index (χ2n) is 2.95. The number of rotatable bonds is 4. The summed E-state index contributed by atoms with van der Waals surface area (Å²) in [5.41, 5.74) is 6.70. The standard InChI is InChI=1S/C9H13ClN2S/c10-8-5-4-7(6-12-8)2-1-3-9(11)13/h4-6,9,13H,1-3,11H2. The predicted molar refractivity (Wildman–Crippen MR) is 59.1 cm³/mol. The van der Waals surface area contributed by atoms with Crippen molar-refractivity contribution in [2.24, 2.45) is 5.73 Å². The zero-order valence-electron chi connectivity index (χ0n) is 7.28. The minimum absolute atomic E-state index is 0.0136. The van der Waals surface area contributed by atoms with Crippen molar-refractivity contribution in [2.75, 3.05) is 0 Å². The van der Waals surface area contributed by atoms with Crippen LogP contribution >= 0.6 is 24.2 Å². The van der Waals surface area contributed by atoms with Crippen LogP contribution in [0.2, 0.25) is 5.15 Å². The third kappa shape index (κ3) is 4.50. The monoisotopic (exact) mass is 216 g/mol. The van der Waals surface area contributed by atoms with Crippen molar-refractivity contribution in [1.29, 1.82) is 0 Å². The van der Waals surface area contributed by atoms with Gasteiger partial charge in [0.2, 0.25) is 0 Å². The summed E-state index contributed by atoms with van der Waals surface area (Å²) in [6, 6.07) is 3.79. The Balaban J connectivity index is 2.33. The number of hydrogen-bond acceptors (Lipinski definition) is 3. The van der Waals surface area contributed by atoms with E-state index < -0.39 is 0 Å². The molecular weight excluding hydrogens is 204 g/mol. The van der Waals surface area contributed by atoms with Gasteiger partial charge >= 0.3 is 0 Å². The zero-order valence-corrected chi connectivity index (χ0v) is 8.93. The van der Waals surface area contributed by atoms with Crippen LogP contribution in [0.3, 0.4) is 0 Å². The molecule has 0 aliphatic carbocycles. The lowest BCUT2D eigenvalue weighted by Crippen LogP contribution is -2.11. The maximum absolute atomic E-state index is 5.65. The Labute approximate surface area is 88.9 Å². The van der Waals surface area contributed by atoms with Crippen molar-refractivity contribution in [1.82, 2.24) is 4.98 Å². The van der Waals surface area contributed by atoms with Gasteiger partial charge in [0.1, 0.15) is 5.15 Å². The largest absolute Gasteiger partial charge is 0.320 e. The first-order valence-electron chi connectivity index (χ1n) is 4.22. The summed E-state index contributed by atoms with van der Waals surface area (Å²) in [5.74, 6) is 0. The fourth-order valence-electron chi connectivity index (χ4n) is 1.07. The van der Waals surface area contributed by atoms with E-state index in [0.29, 0.717) is 5.15 Å². The molecule has 2 nitrogen and oxygen atoms in total. The summed E-state index contributed by atoms with van der Waals surface area (Å²) in [6.07, 6.45) is 4.74. The van der Waals surface area contributed by atoms with E-state index >= 15 is 0 Å². The highest BCUT2D eigenvalue weighted by Crippen LogP contribution is 2.09. The maximum Gasteiger partial charge on any atom is 0.129 e. The highest BCUT2D eigenvalue weighted by molar-refractivity contribution is 7.80. The Kier molecular flexibility index (Phi) is 4.56. The van der Waals surface area contributed by atoms with Gasteiger partial charge in [-0.2, -0.15) is 12.6 Å². The molecule has 1 aromatic heterocycles. The Hall–Kier alpha value is -0.250. The van der Waals surface area contributed by atoms with Crippen molar-refractivity contribution in [3.8, 4) is 0 Å².